The highest BCUT2D eigenvalue weighted by Crippen LogP contribution is 2.30. The summed E-state index contributed by atoms with van der Waals surface area (Å²) in [6.07, 6.45) is 3.13. The maximum atomic E-state index is 12.5. The van der Waals surface area contributed by atoms with E-state index in [1.807, 2.05) is 19.9 Å². The molecular formula is C22H27N3O2. The van der Waals surface area contributed by atoms with Crippen LogP contribution in [0.2, 0.25) is 0 Å². The largest absolute Gasteiger partial charge is 0.439 e. The molecule has 0 radical (unpaired) electrons. The highest BCUT2D eigenvalue weighted by atomic mass is 16.5. The van der Waals surface area contributed by atoms with Crippen LogP contribution in [-0.2, 0) is 11.2 Å². The van der Waals surface area contributed by atoms with Crippen molar-refractivity contribution in [3.63, 3.8) is 0 Å². The molecule has 0 saturated heterocycles. The minimum atomic E-state index is -0.0953. The number of nitriles is 1. The molecule has 0 bridgehead atoms. The summed E-state index contributed by atoms with van der Waals surface area (Å²) >= 11 is 0. The molecule has 0 aliphatic carbocycles. The lowest BCUT2D eigenvalue weighted by Crippen LogP contribution is -2.32. The van der Waals surface area contributed by atoms with E-state index in [-0.39, 0.29) is 17.2 Å². The van der Waals surface area contributed by atoms with Crippen LogP contribution in [0.15, 0.2) is 36.5 Å². The first kappa shape index (κ1) is 20.4. The van der Waals surface area contributed by atoms with Gasteiger partial charge in [0, 0.05) is 12.0 Å². The summed E-state index contributed by atoms with van der Waals surface area (Å²) in [5, 5.41) is 12.0. The predicted octanol–water partition coefficient (Wildman–Crippen LogP) is 5.32. The van der Waals surface area contributed by atoms with Crippen molar-refractivity contribution >= 4 is 11.6 Å². The third-order valence-corrected chi connectivity index (χ3v) is 4.57. The first-order valence-electron chi connectivity index (χ1n) is 9.26. The average Bonchev–Trinajstić information content (AvgIpc) is 2.62. The van der Waals surface area contributed by atoms with Gasteiger partial charge in [-0.25, -0.2) is 4.98 Å². The lowest BCUT2D eigenvalue weighted by Gasteiger charge is -2.28. The van der Waals surface area contributed by atoms with E-state index in [4.69, 9.17) is 10.00 Å². The minimum Gasteiger partial charge on any atom is -0.439 e. The van der Waals surface area contributed by atoms with Crippen LogP contribution in [0.25, 0.3) is 0 Å². The Morgan fingerprint density at radius 2 is 2.00 bits per heavy atom. The number of anilines is 1. The topological polar surface area (TPSA) is 75.0 Å². The number of rotatable bonds is 6. The number of nitrogens with zero attached hydrogens (tertiary/aromatic N) is 2. The Labute approximate surface area is 161 Å². The van der Waals surface area contributed by atoms with E-state index in [0.29, 0.717) is 22.9 Å². The van der Waals surface area contributed by atoms with Crippen LogP contribution < -0.4 is 10.1 Å². The number of ether oxygens (including phenoxy) is 1. The summed E-state index contributed by atoms with van der Waals surface area (Å²) < 4.78 is 5.77. The summed E-state index contributed by atoms with van der Waals surface area (Å²) in [5.41, 5.74) is 2.14. The van der Waals surface area contributed by atoms with Crippen LogP contribution in [0.5, 0.6) is 11.6 Å². The van der Waals surface area contributed by atoms with Crippen LogP contribution >= 0.6 is 0 Å². The average molecular weight is 365 g/mol. The van der Waals surface area contributed by atoms with Crippen LogP contribution in [0.3, 0.4) is 0 Å². The fourth-order valence-electron chi connectivity index (χ4n) is 3.09. The molecule has 27 heavy (non-hydrogen) atoms. The second kappa shape index (κ2) is 8.68. The molecule has 5 nitrogen and oxygen atoms in total. The van der Waals surface area contributed by atoms with Crippen LogP contribution in [-0.4, -0.2) is 10.9 Å². The van der Waals surface area contributed by atoms with E-state index in [1.165, 1.54) is 0 Å². The van der Waals surface area contributed by atoms with E-state index in [0.717, 1.165) is 18.4 Å². The lowest BCUT2D eigenvalue weighted by molar-refractivity contribution is -0.123. The number of carbonyl (C=O) groups is 1. The molecule has 1 aromatic heterocycles. The summed E-state index contributed by atoms with van der Waals surface area (Å²) in [7, 11) is 0. The van der Waals surface area contributed by atoms with Crippen molar-refractivity contribution in [2.24, 2.45) is 11.3 Å². The van der Waals surface area contributed by atoms with Gasteiger partial charge in [-0.1, -0.05) is 34.6 Å². The number of nitrogens with one attached hydrogen (secondary N) is 1. The fraction of sp³-hybridized carbons (Fsp3) is 0.409. The third kappa shape index (κ3) is 5.30. The van der Waals surface area contributed by atoms with Crippen molar-refractivity contribution < 1.29 is 9.53 Å². The molecule has 0 fully saturated rings. The van der Waals surface area contributed by atoms with Gasteiger partial charge in [0.2, 0.25) is 11.8 Å². The standard InChI is InChI=1S/C22H27N3O2/c1-6-15-12-18(10-8-16(15)13-23)27-20-11-9-17(14-24-20)25-21(26)19(7-2)22(3,4)5/h8-12,14,19H,6-7H2,1-5H3,(H,25,26). The Hall–Kier alpha value is -2.87. The van der Waals surface area contributed by atoms with E-state index in [9.17, 15) is 4.79 Å². The normalized spacial score (nSPS) is 12.1. The van der Waals surface area contributed by atoms with Gasteiger partial charge in [-0.3, -0.25) is 4.79 Å². The third-order valence-electron chi connectivity index (χ3n) is 4.57. The summed E-state index contributed by atoms with van der Waals surface area (Å²) in [6, 6.07) is 11.0. The first-order chi connectivity index (χ1) is 12.8. The number of pyridine rings is 1. The van der Waals surface area contributed by atoms with Crippen molar-refractivity contribution in [2.45, 2.75) is 47.5 Å². The Morgan fingerprint density at radius 3 is 2.52 bits per heavy atom. The highest BCUT2D eigenvalue weighted by Gasteiger charge is 2.29. The van der Waals surface area contributed by atoms with E-state index in [2.05, 4.69) is 37.1 Å². The maximum absolute atomic E-state index is 12.5. The minimum absolute atomic E-state index is 0.000137. The number of hydrogen-bond acceptors (Lipinski definition) is 4. The van der Waals surface area contributed by atoms with Crippen molar-refractivity contribution in [3.05, 3.63) is 47.7 Å². The number of amides is 1. The molecule has 1 atom stereocenters. The van der Waals surface area contributed by atoms with Gasteiger partial charge < -0.3 is 10.1 Å². The SMILES string of the molecule is CCc1cc(Oc2ccc(NC(=O)C(CC)C(C)(C)C)cn2)ccc1C#N. The van der Waals surface area contributed by atoms with Crippen molar-refractivity contribution in [1.29, 1.82) is 5.26 Å². The quantitative estimate of drug-likeness (QED) is 0.752. The fourth-order valence-corrected chi connectivity index (χ4v) is 3.09. The molecule has 1 N–H and O–H groups in total. The molecule has 1 aromatic carbocycles. The van der Waals surface area contributed by atoms with Gasteiger partial charge in [0.25, 0.3) is 0 Å². The molecule has 0 saturated carbocycles. The number of hydrogen-bond donors (Lipinski definition) is 1. The van der Waals surface area contributed by atoms with Crippen LogP contribution in [0, 0.1) is 22.7 Å². The number of benzene rings is 1. The molecular weight excluding hydrogens is 338 g/mol. The molecule has 2 aromatic rings. The second-order valence-corrected chi connectivity index (χ2v) is 7.59. The molecule has 1 unspecified atom stereocenters. The molecule has 1 amide bonds. The van der Waals surface area contributed by atoms with Gasteiger partial charge in [-0.2, -0.15) is 5.26 Å². The number of carbonyl (C=O) groups excluding carboxylic acids is 1. The molecule has 0 spiro atoms. The Balaban J connectivity index is 2.07. The van der Waals surface area contributed by atoms with E-state index < -0.39 is 0 Å². The predicted molar refractivity (Wildman–Crippen MR) is 107 cm³/mol. The van der Waals surface area contributed by atoms with Crippen molar-refractivity contribution in [3.8, 4) is 17.7 Å². The van der Waals surface area contributed by atoms with Crippen LogP contribution in [0.1, 0.15) is 52.2 Å². The summed E-state index contributed by atoms with van der Waals surface area (Å²) in [6.45, 7) is 10.2. The number of aromatic nitrogens is 1. The Kier molecular flexibility index (Phi) is 6.57. The molecule has 0 aliphatic rings. The summed E-state index contributed by atoms with van der Waals surface area (Å²) in [5.74, 6) is 0.997. The van der Waals surface area contributed by atoms with E-state index >= 15 is 0 Å². The monoisotopic (exact) mass is 365 g/mol. The van der Waals surface area contributed by atoms with Crippen molar-refractivity contribution in [1.82, 2.24) is 4.98 Å². The zero-order valence-electron chi connectivity index (χ0n) is 16.7. The summed E-state index contributed by atoms with van der Waals surface area (Å²) in [4.78, 5) is 16.8. The molecule has 2 rings (SSSR count). The smallest absolute Gasteiger partial charge is 0.228 e. The van der Waals surface area contributed by atoms with Gasteiger partial charge >= 0.3 is 0 Å². The van der Waals surface area contributed by atoms with Crippen LogP contribution in [0.4, 0.5) is 5.69 Å². The van der Waals surface area contributed by atoms with Gasteiger partial charge in [-0.05, 0) is 48.1 Å². The molecule has 1 heterocycles. The number of aryl methyl sites for hydroxylation is 1. The maximum Gasteiger partial charge on any atom is 0.228 e. The molecule has 5 heteroatoms. The van der Waals surface area contributed by atoms with E-state index in [1.54, 1.807) is 30.5 Å². The van der Waals surface area contributed by atoms with Gasteiger partial charge in [-0.15, -0.1) is 0 Å². The Bertz CT molecular complexity index is 830. The first-order valence-corrected chi connectivity index (χ1v) is 9.26. The van der Waals surface area contributed by atoms with Gasteiger partial charge in [0.1, 0.15) is 5.75 Å². The van der Waals surface area contributed by atoms with Gasteiger partial charge in [0.15, 0.2) is 0 Å². The lowest BCUT2D eigenvalue weighted by atomic mass is 9.78. The highest BCUT2D eigenvalue weighted by molar-refractivity contribution is 5.92. The zero-order valence-corrected chi connectivity index (χ0v) is 16.7. The molecule has 142 valence electrons. The zero-order chi connectivity index (χ0) is 20.0. The van der Waals surface area contributed by atoms with Gasteiger partial charge in [0.05, 0.1) is 23.5 Å². The Morgan fingerprint density at radius 1 is 1.26 bits per heavy atom. The van der Waals surface area contributed by atoms with Crippen molar-refractivity contribution in [2.75, 3.05) is 5.32 Å². The second-order valence-electron chi connectivity index (χ2n) is 7.59. The molecule has 0 aliphatic heterocycles.